The number of nitrogens with zero attached hydrogens (tertiary/aromatic N) is 2. The van der Waals surface area contributed by atoms with Gasteiger partial charge in [0.25, 0.3) is 5.91 Å². The summed E-state index contributed by atoms with van der Waals surface area (Å²) in [7, 11) is -3.94. The number of aryl methyl sites for hydroxylation is 1. The Labute approximate surface area is 279 Å². The predicted octanol–water partition coefficient (Wildman–Crippen LogP) is 7.30. The van der Waals surface area contributed by atoms with Gasteiger partial charge in [-0.05, 0) is 100.0 Å². The number of benzene rings is 3. The van der Waals surface area contributed by atoms with Crippen LogP contribution in [-0.4, -0.2) is 37.8 Å². The third-order valence-electron chi connectivity index (χ3n) is 7.52. The van der Waals surface area contributed by atoms with Gasteiger partial charge in [-0.15, -0.1) is 0 Å². The molecule has 47 heavy (non-hydrogen) atoms. The van der Waals surface area contributed by atoms with E-state index in [1.807, 2.05) is 13.8 Å². The van der Waals surface area contributed by atoms with Gasteiger partial charge in [0.15, 0.2) is 0 Å². The lowest BCUT2D eigenvalue weighted by Gasteiger charge is -2.21. The smallest absolute Gasteiger partial charge is 0.340 e. The number of sulfonamides is 1. The highest BCUT2D eigenvalue weighted by Gasteiger charge is 2.38. The van der Waals surface area contributed by atoms with E-state index in [2.05, 4.69) is 0 Å². The summed E-state index contributed by atoms with van der Waals surface area (Å²) in [5, 5.41) is 0.541. The molecule has 0 bridgehead atoms. The minimum absolute atomic E-state index is 0.0645. The molecule has 1 aromatic heterocycles. The molecule has 1 aliphatic heterocycles. The summed E-state index contributed by atoms with van der Waals surface area (Å²) in [6.45, 7) is 7.75. The molecule has 0 spiro atoms. The highest BCUT2D eigenvalue weighted by molar-refractivity contribution is 7.89. The molecule has 0 radical (unpaired) electrons. The fourth-order valence-electron chi connectivity index (χ4n) is 5.20. The minimum Gasteiger partial charge on any atom is -0.494 e. The number of esters is 1. The summed E-state index contributed by atoms with van der Waals surface area (Å²) in [6.07, 6.45) is 1.48. The zero-order chi connectivity index (χ0) is 33.7. The van der Waals surface area contributed by atoms with E-state index < -0.39 is 21.9 Å². The number of allylic oxidation sites excluding steroid dienone is 1. The van der Waals surface area contributed by atoms with Crippen molar-refractivity contribution in [1.29, 1.82) is 0 Å². The first-order valence-corrected chi connectivity index (χ1v) is 16.9. The Morgan fingerprint density at radius 1 is 0.894 bits per heavy atom. The van der Waals surface area contributed by atoms with Crippen molar-refractivity contribution in [2.75, 3.05) is 18.1 Å². The average Bonchev–Trinajstić information content (AvgIpc) is 3.59. The molecular weight excluding hydrogens is 640 g/mol. The van der Waals surface area contributed by atoms with E-state index in [0.717, 1.165) is 11.1 Å². The van der Waals surface area contributed by atoms with Crippen LogP contribution in [0.3, 0.4) is 0 Å². The zero-order valence-electron chi connectivity index (χ0n) is 26.5. The molecular formula is C36H35ClN2O7S. The van der Waals surface area contributed by atoms with Gasteiger partial charge < -0.3 is 13.9 Å². The minimum atomic E-state index is -3.94. The molecule has 5 rings (SSSR count). The Kier molecular flexibility index (Phi) is 10.3. The van der Waals surface area contributed by atoms with Crippen LogP contribution in [0, 0.1) is 6.92 Å². The maximum Gasteiger partial charge on any atom is 0.340 e. The highest BCUT2D eigenvalue weighted by Crippen LogP contribution is 2.36. The SMILES string of the molecule is CCOC(=O)C1=C(C)N(c2ccc(OCC)cc2)C(=O)/C1=C/c1ccc(CN(Cc2ccc(Cl)cc2)S(=O)(=O)c2ccc(C)cc2)o1. The molecule has 0 N–H and O–H groups in total. The van der Waals surface area contributed by atoms with E-state index in [4.69, 9.17) is 25.5 Å². The van der Waals surface area contributed by atoms with E-state index >= 15 is 0 Å². The second kappa shape index (κ2) is 14.4. The molecule has 1 aliphatic rings. The number of hydrogen-bond donors (Lipinski definition) is 0. The second-order valence-electron chi connectivity index (χ2n) is 10.8. The van der Waals surface area contributed by atoms with E-state index in [1.165, 1.54) is 15.3 Å². The number of carbonyl (C=O) groups excluding carboxylic acids is 2. The van der Waals surface area contributed by atoms with Crippen molar-refractivity contribution >= 4 is 45.3 Å². The van der Waals surface area contributed by atoms with Gasteiger partial charge >= 0.3 is 5.97 Å². The fourth-order valence-corrected chi connectivity index (χ4v) is 6.72. The van der Waals surface area contributed by atoms with Gasteiger partial charge in [-0.2, -0.15) is 4.31 Å². The van der Waals surface area contributed by atoms with Crippen molar-refractivity contribution in [3.05, 3.63) is 129 Å². The molecule has 9 nitrogen and oxygen atoms in total. The summed E-state index contributed by atoms with van der Waals surface area (Å²) >= 11 is 6.06. The normalized spacial score (nSPS) is 14.4. The van der Waals surface area contributed by atoms with Crippen LogP contribution < -0.4 is 9.64 Å². The Morgan fingerprint density at radius 3 is 2.21 bits per heavy atom. The molecule has 244 valence electrons. The van der Waals surface area contributed by atoms with Crippen LogP contribution in [0.4, 0.5) is 5.69 Å². The number of anilines is 1. The fraction of sp³-hybridized carbons (Fsp3) is 0.222. The molecule has 0 saturated heterocycles. The van der Waals surface area contributed by atoms with Gasteiger partial charge in [0, 0.05) is 23.0 Å². The van der Waals surface area contributed by atoms with Crippen LogP contribution in [0.15, 0.2) is 111 Å². The number of hydrogen-bond acceptors (Lipinski definition) is 7. The molecule has 3 aromatic carbocycles. The topological polar surface area (TPSA) is 106 Å². The lowest BCUT2D eigenvalue weighted by atomic mass is 10.1. The monoisotopic (exact) mass is 674 g/mol. The summed E-state index contributed by atoms with van der Waals surface area (Å²) in [5.74, 6) is 0.199. The number of halogens is 1. The van der Waals surface area contributed by atoms with E-state index in [9.17, 15) is 18.0 Å². The van der Waals surface area contributed by atoms with E-state index in [0.29, 0.717) is 34.5 Å². The van der Waals surface area contributed by atoms with Gasteiger partial charge in [0.1, 0.15) is 17.3 Å². The third kappa shape index (κ3) is 7.51. The largest absolute Gasteiger partial charge is 0.494 e. The molecule has 0 unspecified atom stereocenters. The standard InChI is InChI=1S/C36H35ClN2O7S/c1-5-44-29-15-13-28(14-16-29)39-25(4)34(36(41)45-6-2)33(35(39)40)21-30-17-18-31(46-30)23-38(22-26-9-11-27(37)12-10-26)47(42,43)32-19-7-24(3)8-20-32/h7-21H,5-6,22-23H2,1-4H3/b33-21+. The molecule has 0 atom stereocenters. The quantitative estimate of drug-likeness (QED) is 0.115. The summed E-state index contributed by atoms with van der Waals surface area (Å²) in [4.78, 5) is 28.5. The van der Waals surface area contributed by atoms with Gasteiger partial charge in [-0.25, -0.2) is 13.2 Å². The van der Waals surface area contributed by atoms with Gasteiger partial charge in [0.2, 0.25) is 10.0 Å². The Balaban J connectivity index is 1.47. The molecule has 1 amide bonds. The van der Waals surface area contributed by atoms with Crippen LogP contribution >= 0.6 is 11.6 Å². The molecule has 11 heteroatoms. The van der Waals surface area contributed by atoms with Crippen molar-refractivity contribution in [3.8, 4) is 5.75 Å². The van der Waals surface area contributed by atoms with Crippen LogP contribution in [0.1, 0.15) is 43.4 Å². The lowest BCUT2D eigenvalue weighted by Crippen LogP contribution is -2.30. The van der Waals surface area contributed by atoms with Crippen LogP contribution in [-0.2, 0) is 37.4 Å². The zero-order valence-corrected chi connectivity index (χ0v) is 28.1. The number of ether oxygens (including phenoxy) is 2. The van der Waals surface area contributed by atoms with Crippen LogP contribution in [0.25, 0.3) is 6.08 Å². The van der Waals surface area contributed by atoms with Crippen molar-refractivity contribution in [2.24, 2.45) is 0 Å². The predicted molar refractivity (Wildman–Crippen MR) is 180 cm³/mol. The van der Waals surface area contributed by atoms with E-state index in [1.54, 1.807) is 98.8 Å². The summed E-state index contributed by atoms with van der Waals surface area (Å²) < 4.78 is 45.9. The summed E-state index contributed by atoms with van der Waals surface area (Å²) in [6, 6.07) is 23.9. The molecule has 4 aromatic rings. The number of rotatable bonds is 12. The molecule has 0 aliphatic carbocycles. The summed E-state index contributed by atoms with van der Waals surface area (Å²) in [5.41, 5.74) is 2.86. The van der Waals surface area contributed by atoms with Crippen molar-refractivity contribution in [3.63, 3.8) is 0 Å². The van der Waals surface area contributed by atoms with Gasteiger partial charge in [-0.3, -0.25) is 9.69 Å². The Hall–Kier alpha value is -4.64. The van der Waals surface area contributed by atoms with E-state index in [-0.39, 0.29) is 41.5 Å². The van der Waals surface area contributed by atoms with Gasteiger partial charge in [-0.1, -0.05) is 41.4 Å². The van der Waals surface area contributed by atoms with Gasteiger partial charge in [0.05, 0.1) is 35.8 Å². The molecule has 0 saturated carbocycles. The first-order valence-electron chi connectivity index (χ1n) is 15.1. The third-order valence-corrected chi connectivity index (χ3v) is 9.58. The number of carbonyl (C=O) groups is 2. The van der Waals surface area contributed by atoms with Crippen molar-refractivity contribution in [2.45, 2.75) is 45.7 Å². The Morgan fingerprint density at radius 2 is 1.57 bits per heavy atom. The average molecular weight is 675 g/mol. The number of furan rings is 1. The van der Waals surface area contributed by atoms with Crippen LogP contribution in [0.2, 0.25) is 5.02 Å². The maximum atomic E-state index is 13.8. The lowest BCUT2D eigenvalue weighted by molar-refractivity contribution is -0.138. The first-order chi connectivity index (χ1) is 22.5. The Bertz CT molecular complexity index is 1930. The first kappa shape index (κ1) is 33.7. The maximum absolute atomic E-state index is 13.8. The molecule has 2 heterocycles. The highest BCUT2D eigenvalue weighted by atomic mass is 35.5. The second-order valence-corrected chi connectivity index (χ2v) is 13.2. The number of amides is 1. The molecule has 0 fully saturated rings. The van der Waals surface area contributed by atoms with Crippen LogP contribution in [0.5, 0.6) is 5.75 Å². The van der Waals surface area contributed by atoms with Crippen molar-refractivity contribution in [1.82, 2.24) is 4.31 Å². The van der Waals surface area contributed by atoms with Crippen molar-refractivity contribution < 1.29 is 31.9 Å².